The number of halogens is 1. The van der Waals surface area contributed by atoms with Gasteiger partial charge in [-0.15, -0.1) is 0 Å². The molecule has 3 aromatic carbocycles. The highest BCUT2D eigenvalue weighted by Crippen LogP contribution is 2.51. The van der Waals surface area contributed by atoms with E-state index in [-0.39, 0.29) is 41.4 Å². The van der Waals surface area contributed by atoms with Crippen molar-refractivity contribution in [1.82, 2.24) is 9.88 Å². The SMILES string of the molecule is CN1C(=O)[C@@H]2[C@@H](CC(CO[Si](c3ccccc3)(c3ccccc3)C(C)(C)C)=C3[C@@H](CC/C(=C/c4cc(Br)ccc4O)c4ccccn4)OB(O)C[C@@H]32)C1=O. The molecular weight excluding hydrogens is 759 g/mol. The minimum atomic E-state index is -2.97. The summed E-state index contributed by atoms with van der Waals surface area (Å²) in [6, 6.07) is 31.9. The van der Waals surface area contributed by atoms with Crippen LogP contribution in [0.5, 0.6) is 5.75 Å². The van der Waals surface area contributed by atoms with Crippen molar-refractivity contribution in [2.24, 2.45) is 17.8 Å². The Balaban J connectivity index is 1.32. The highest BCUT2D eigenvalue weighted by molar-refractivity contribution is 9.10. The first-order valence-electron chi connectivity index (χ1n) is 18.6. The fourth-order valence-electron chi connectivity index (χ4n) is 8.95. The number of nitrogens with zero attached hydrogens (tertiary/aromatic N) is 2. The number of pyridine rings is 1. The smallest absolute Gasteiger partial charge is 0.455 e. The van der Waals surface area contributed by atoms with Gasteiger partial charge in [-0.2, -0.15) is 0 Å². The first kappa shape index (κ1) is 38.2. The van der Waals surface area contributed by atoms with E-state index in [4.69, 9.17) is 9.08 Å². The molecule has 8 nitrogen and oxygen atoms in total. The van der Waals surface area contributed by atoms with Crippen LogP contribution in [0.2, 0.25) is 11.4 Å². The second-order valence-electron chi connectivity index (χ2n) is 15.6. The fourth-order valence-corrected chi connectivity index (χ4v) is 13.9. The summed E-state index contributed by atoms with van der Waals surface area (Å²) in [5, 5.41) is 24.0. The van der Waals surface area contributed by atoms with E-state index in [0.717, 1.165) is 37.3 Å². The monoisotopic (exact) mass is 804 g/mol. The molecule has 54 heavy (non-hydrogen) atoms. The molecule has 278 valence electrons. The van der Waals surface area contributed by atoms with Crippen molar-refractivity contribution in [3.63, 3.8) is 0 Å². The van der Waals surface area contributed by atoms with Crippen LogP contribution in [0.1, 0.15) is 51.3 Å². The molecule has 11 heteroatoms. The van der Waals surface area contributed by atoms with Gasteiger partial charge in [-0.1, -0.05) is 103 Å². The maximum atomic E-state index is 13.7. The summed E-state index contributed by atoms with van der Waals surface area (Å²) in [5.74, 6) is -1.71. The van der Waals surface area contributed by atoms with Crippen LogP contribution in [0.3, 0.4) is 0 Å². The zero-order chi connectivity index (χ0) is 38.2. The summed E-state index contributed by atoms with van der Waals surface area (Å²) >= 11 is 3.53. The zero-order valence-corrected chi connectivity index (χ0v) is 33.7. The Morgan fingerprint density at radius 1 is 0.981 bits per heavy atom. The highest BCUT2D eigenvalue weighted by atomic mass is 79.9. The molecule has 0 bridgehead atoms. The number of hydrogen-bond acceptors (Lipinski definition) is 7. The quantitative estimate of drug-likeness (QED) is 0.102. The second-order valence-corrected chi connectivity index (χ2v) is 20.9. The van der Waals surface area contributed by atoms with Gasteiger partial charge in [0, 0.05) is 23.3 Å². The molecule has 2 saturated heterocycles. The molecule has 2 fully saturated rings. The van der Waals surface area contributed by atoms with Gasteiger partial charge in [0.05, 0.1) is 30.2 Å². The van der Waals surface area contributed by atoms with Gasteiger partial charge in [-0.25, -0.2) is 0 Å². The molecule has 3 heterocycles. The Bertz CT molecular complexity index is 2030. The maximum Gasteiger partial charge on any atom is 0.455 e. The number of carbonyl (C=O) groups excluding carboxylic acids is 2. The predicted octanol–water partition coefficient (Wildman–Crippen LogP) is 6.87. The lowest BCUT2D eigenvalue weighted by atomic mass is 9.58. The number of allylic oxidation sites excluding steroid dienone is 1. The van der Waals surface area contributed by atoms with Crippen LogP contribution in [0.4, 0.5) is 0 Å². The van der Waals surface area contributed by atoms with E-state index >= 15 is 0 Å². The van der Waals surface area contributed by atoms with Gasteiger partial charge in [0.25, 0.3) is 8.32 Å². The molecule has 0 saturated carbocycles. The normalized spacial score (nSPS) is 22.1. The summed E-state index contributed by atoms with van der Waals surface area (Å²) in [5.41, 5.74) is 4.22. The number of aromatic hydroxyl groups is 1. The van der Waals surface area contributed by atoms with Crippen LogP contribution < -0.4 is 10.4 Å². The average molecular weight is 806 g/mol. The zero-order valence-electron chi connectivity index (χ0n) is 31.1. The number of hydrogen-bond donors (Lipinski definition) is 2. The van der Waals surface area contributed by atoms with Crippen LogP contribution in [-0.4, -0.2) is 67.0 Å². The van der Waals surface area contributed by atoms with Crippen molar-refractivity contribution in [3.05, 3.63) is 130 Å². The lowest BCUT2D eigenvalue weighted by molar-refractivity contribution is -0.138. The number of phenols is 1. The van der Waals surface area contributed by atoms with Crippen LogP contribution >= 0.6 is 15.9 Å². The average Bonchev–Trinajstić information content (AvgIpc) is 3.38. The van der Waals surface area contributed by atoms with E-state index in [1.54, 1.807) is 25.4 Å². The third kappa shape index (κ3) is 7.20. The van der Waals surface area contributed by atoms with Crippen LogP contribution in [0.25, 0.3) is 11.6 Å². The third-order valence-electron chi connectivity index (χ3n) is 11.4. The first-order chi connectivity index (χ1) is 25.9. The van der Waals surface area contributed by atoms with Crippen molar-refractivity contribution >= 4 is 65.2 Å². The van der Waals surface area contributed by atoms with Gasteiger partial charge >= 0.3 is 7.12 Å². The number of benzene rings is 3. The Kier molecular flexibility index (Phi) is 11.0. The number of phenolic OH excluding ortho intramolecular Hbond substituents is 1. The largest absolute Gasteiger partial charge is 0.507 e. The number of fused-ring (bicyclic) bond motifs is 3. The van der Waals surface area contributed by atoms with Crippen molar-refractivity contribution in [1.29, 1.82) is 0 Å². The molecule has 0 radical (unpaired) electrons. The van der Waals surface area contributed by atoms with E-state index in [1.807, 2.05) is 42.5 Å². The van der Waals surface area contributed by atoms with Gasteiger partial charge in [0.1, 0.15) is 5.75 Å². The number of rotatable bonds is 10. The Morgan fingerprint density at radius 3 is 2.28 bits per heavy atom. The van der Waals surface area contributed by atoms with Crippen LogP contribution in [0, 0.1) is 17.8 Å². The van der Waals surface area contributed by atoms with Gasteiger partial charge in [-0.3, -0.25) is 19.5 Å². The molecule has 4 aromatic rings. The van der Waals surface area contributed by atoms with Crippen molar-refractivity contribution in [2.45, 2.75) is 57.5 Å². The fraction of sp³-hybridized carbons (Fsp3) is 0.326. The lowest BCUT2D eigenvalue weighted by Crippen LogP contribution is -2.66. The van der Waals surface area contributed by atoms with Crippen molar-refractivity contribution < 1.29 is 28.8 Å². The third-order valence-corrected chi connectivity index (χ3v) is 16.9. The Morgan fingerprint density at radius 2 is 1.65 bits per heavy atom. The molecule has 4 atom stereocenters. The number of amides is 2. The summed E-state index contributed by atoms with van der Waals surface area (Å²) in [6.07, 6.45) is 4.70. The molecule has 0 spiro atoms. The van der Waals surface area contributed by atoms with Crippen molar-refractivity contribution in [2.75, 3.05) is 13.7 Å². The molecule has 2 N–H and O–H groups in total. The second kappa shape index (κ2) is 15.5. The van der Waals surface area contributed by atoms with Gasteiger partial charge in [0.2, 0.25) is 11.8 Å². The first-order valence-corrected chi connectivity index (χ1v) is 21.3. The van der Waals surface area contributed by atoms with Crippen LogP contribution in [0.15, 0.2) is 119 Å². The molecule has 2 amide bonds. The van der Waals surface area contributed by atoms with Gasteiger partial charge in [0.15, 0.2) is 0 Å². The van der Waals surface area contributed by atoms with Gasteiger partial charge in [-0.05, 0) is 100 Å². The number of imide groups is 1. The molecule has 2 aliphatic heterocycles. The van der Waals surface area contributed by atoms with E-state index in [9.17, 15) is 19.7 Å². The molecule has 7 rings (SSSR count). The number of carbonyl (C=O) groups is 2. The molecule has 0 unspecified atom stereocenters. The highest BCUT2D eigenvalue weighted by Gasteiger charge is 2.57. The molecule has 1 aromatic heterocycles. The minimum Gasteiger partial charge on any atom is -0.507 e. The Hall–Kier alpha value is -4.13. The minimum absolute atomic E-state index is 0.147. The predicted molar refractivity (Wildman–Crippen MR) is 218 cm³/mol. The summed E-state index contributed by atoms with van der Waals surface area (Å²) in [7, 11) is -2.51. The van der Waals surface area contributed by atoms with E-state index in [2.05, 4.69) is 90.2 Å². The Labute approximate surface area is 327 Å². The summed E-state index contributed by atoms with van der Waals surface area (Å²) < 4.78 is 14.7. The van der Waals surface area contributed by atoms with E-state index in [1.165, 1.54) is 4.90 Å². The summed E-state index contributed by atoms with van der Waals surface area (Å²) in [4.78, 5) is 33.3. The number of aromatic nitrogens is 1. The van der Waals surface area contributed by atoms with Crippen LogP contribution in [-0.2, 0) is 18.7 Å². The maximum absolute atomic E-state index is 13.7. The molecule has 1 aliphatic carbocycles. The molecule has 3 aliphatic rings. The lowest BCUT2D eigenvalue weighted by Gasteiger charge is -2.46. The molecular formula is C43H46BBrN2O6Si. The van der Waals surface area contributed by atoms with Gasteiger partial charge < -0.3 is 19.2 Å². The van der Waals surface area contributed by atoms with E-state index < -0.39 is 33.4 Å². The summed E-state index contributed by atoms with van der Waals surface area (Å²) in [6.45, 7) is 6.98. The number of likely N-dealkylation sites (tertiary alicyclic amines) is 1. The standard InChI is InChI=1S/C43H46BBrN2O6Si/c1-43(2,3)54(32-13-7-5-8-14-32,33-15-9-6-10-16-33)52-27-30-25-34-40(42(50)47(4)41(34)49)35-26-44(51)53-38(39(30)35)21-18-28(36-17-11-12-22-46-36)23-29-24-31(45)19-20-37(29)48/h5-17,19-20,22-24,34-35,38,40,48,51H,18,21,25-27H2,1-4H3/b28-23-/t34-,35+,38-,40-/m1/s1. The van der Waals surface area contributed by atoms with E-state index in [0.29, 0.717) is 24.8 Å². The topological polar surface area (TPSA) is 109 Å². The van der Waals surface area contributed by atoms with Crippen molar-refractivity contribution in [3.8, 4) is 5.75 Å².